The molecule has 21 heavy (non-hydrogen) atoms. The molecule has 0 spiro atoms. The SMILES string of the molecule is CC1CCC(NC(=O)c2ccncc2C#CCO)C(C)C1. The lowest BCUT2D eigenvalue weighted by Crippen LogP contribution is -2.42. The van der Waals surface area contributed by atoms with E-state index in [1.807, 2.05) is 0 Å². The van der Waals surface area contributed by atoms with E-state index >= 15 is 0 Å². The lowest BCUT2D eigenvalue weighted by Gasteiger charge is -2.33. The third-order valence-corrected chi connectivity index (χ3v) is 4.12. The zero-order valence-electron chi connectivity index (χ0n) is 12.6. The number of aliphatic hydroxyl groups excluding tert-OH is 1. The molecule has 3 atom stereocenters. The van der Waals surface area contributed by atoms with Crippen molar-refractivity contribution in [1.29, 1.82) is 0 Å². The van der Waals surface area contributed by atoms with Gasteiger partial charge in [0.2, 0.25) is 0 Å². The number of nitrogens with one attached hydrogen (secondary N) is 1. The van der Waals surface area contributed by atoms with Crippen molar-refractivity contribution < 1.29 is 9.90 Å². The van der Waals surface area contributed by atoms with Crippen molar-refractivity contribution in [2.75, 3.05) is 6.61 Å². The number of pyridine rings is 1. The molecule has 2 rings (SSSR count). The molecule has 1 aliphatic rings. The maximum atomic E-state index is 12.5. The normalized spacial score (nSPS) is 24.8. The van der Waals surface area contributed by atoms with Crippen LogP contribution in [-0.2, 0) is 0 Å². The Morgan fingerprint density at radius 1 is 1.48 bits per heavy atom. The van der Waals surface area contributed by atoms with Crippen LogP contribution < -0.4 is 5.32 Å². The predicted octanol–water partition coefficient (Wildman–Crippen LogP) is 1.98. The summed E-state index contributed by atoms with van der Waals surface area (Å²) >= 11 is 0. The first-order valence-electron chi connectivity index (χ1n) is 7.46. The third kappa shape index (κ3) is 4.05. The summed E-state index contributed by atoms with van der Waals surface area (Å²) in [5.74, 6) is 6.46. The van der Waals surface area contributed by atoms with E-state index in [1.54, 1.807) is 18.5 Å². The summed E-state index contributed by atoms with van der Waals surface area (Å²) < 4.78 is 0. The quantitative estimate of drug-likeness (QED) is 0.817. The van der Waals surface area contributed by atoms with Crippen molar-refractivity contribution in [3.05, 3.63) is 29.6 Å². The van der Waals surface area contributed by atoms with Gasteiger partial charge >= 0.3 is 0 Å². The van der Waals surface area contributed by atoms with Gasteiger partial charge in [-0.25, -0.2) is 0 Å². The highest BCUT2D eigenvalue weighted by Gasteiger charge is 2.27. The van der Waals surface area contributed by atoms with Crippen molar-refractivity contribution in [1.82, 2.24) is 10.3 Å². The van der Waals surface area contributed by atoms with Crippen LogP contribution in [-0.4, -0.2) is 28.6 Å². The molecule has 4 heteroatoms. The molecule has 2 N–H and O–H groups in total. The van der Waals surface area contributed by atoms with Crippen LogP contribution in [0.3, 0.4) is 0 Å². The first kappa shape index (κ1) is 15.5. The Bertz CT molecular complexity index is 559. The molecule has 1 heterocycles. The maximum Gasteiger partial charge on any atom is 0.252 e. The van der Waals surface area contributed by atoms with Crippen LogP contribution in [0.15, 0.2) is 18.5 Å². The highest BCUT2D eigenvalue weighted by Crippen LogP contribution is 2.28. The van der Waals surface area contributed by atoms with Gasteiger partial charge < -0.3 is 10.4 Å². The summed E-state index contributed by atoms with van der Waals surface area (Å²) in [6.07, 6.45) is 6.48. The number of aromatic nitrogens is 1. The van der Waals surface area contributed by atoms with Gasteiger partial charge in [0.15, 0.2) is 0 Å². The lowest BCUT2D eigenvalue weighted by atomic mass is 9.80. The van der Waals surface area contributed by atoms with E-state index in [4.69, 9.17) is 5.11 Å². The Morgan fingerprint density at radius 3 is 3.00 bits per heavy atom. The Labute approximate surface area is 126 Å². The second-order valence-electron chi connectivity index (χ2n) is 5.86. The predicted molar refractivity (Wildman–Crippen MR) is 81.6 cm³/mol. The van der Waals surface area contributed by atoms with E-state index < -0.39 is 0 Å². The van der Waals surface area contributed by atoms with E-state index in [-0.39, 0.29) is 18.6 Å². The molecular formula is C17H22N2O2. The van der Waals surface area contributed by atoms with Gasteiger partial charge in [0, 0.05) is 18.4 Å². The Kier molecular flexibility index (Phi) is 5.35. The van der Waals surface area contributed by atoms with E-state index in [0.29, 0.717) is 17.0 Å². The number of hydrogen-bond acceptors (Lipinski definition) is 3. The van der Waals surface area contributed by atoms with E-state index in [0.717, 1.165) is 25.2 Å². The van der Waals surface area contributed by atoms with Gasteiger partial charge in [0.05, 0.1) is 11.1 Å². The zero-order chi connectivity index (χ0) is 15.2. The molecule has 3 unspecified atom stereocenters. The fourth-order valence-electron chi connectivity index (χ4n) is 2.95. The van der Waals surface area contributed by atoms with Gasteiger partial charge in [-0.3, -0.25) is 9.78 Å². The number of hydrogen-bond donors (Lipinski definition) is 2. The zero-order valence-corrected chi connectivity index (χ0v) is 12.6. The van der Waals surface area contributed by atoms with Crippen LogP contribution in [0.4, 0.5) is 0 Å². The van der Waals surface area contributed by atoms with E-state index in [9.17, 15) is 4.79 Å². The molecule has 1 aliphatic carbocycles. The molecule has 0 aromatic carbocycles. The van der Waals surface area contributed by atoms with Crippen molar-refractivity contribution in [3.8, 4) is 11.8 Å². The van der Waals surface area contributed by atoms with Gasteiger partial charge in [0.1, 0.15) is 6.61 Å². The molecule has 0 saturated heterocycles. The summed E-state index contributed by atoms with van der Waals surface area (Å²) in [6, 6.07) is 1.90. The standard InChI is InChI=1S/C17H22N2O2/c1-12-5-6-16(13(2)10-12)19-17(21)15-7-8-18-11-14(15)4-3-9-20/h7-8,11-13,16,20H,5-6,9-10H2,1-2H3,(H,19,21). The number of aliphatic hydroxyl groups is 1. The molecular weight excluding hydrogens is 264 g/mol. The van der Waals surface area contributed by atoms with Crippen molar-refractivity contribution in [2.45, 2.75) is 39.2 Å². The average molecular weight is 286 g/mol. The van der Waals surface area contributed by atoms with Crippen molar-refractivity contribution >= 4 is 5.91 Å². The molecule has 1 fully saturated rings. The number of amides is 1. The maximum absolute atomic E-state index is 12.5. The molecule has 1 saturated carbocycles. The number of nitrogens with zero attached hydrogens (tertiary/aromatic N) is 1. The van der Waals surface area contributed by atoms with Crippen molar-refractivity contribution in [3.63, 3.8) is 0 Å². The molecule has 0 aliphatic heterocycles. The fraction of sp³-hybridized carbons (Fsp3) is 0.529. The minimum absolute atomic E-state index is 0.106. The van der Waals surface area contributed by atoms with Crippen LogP contribution >= 0.6 is 0 Å². The summed E-state index contributed by atoms with van der Waals surface area (Å²) in [7, 11) is 0. The number of carbonyl (C=O) groups is 1. The van der Waals surface area contributed by atoms with Crippen LogP contribution in [0, 0.1) is 23.7 Å². The number of rotatable bonds is 2. The second-order valence-corrected chi connectivity index (χ2v) is 5.86. The first-order chi connectivity index (χ1) is 10.1. The van der Waals surface area contributed by atoms with E-state index in [2.05, 4.69) is 36.0 Å². The van der Waals surface area contributed by atoms with Crippen molar-refractivity contribution in [2.24, 2.45) is 11.8 Å². The first-order valence-corrected chi connectivity index (χ1v) is 7.46. The van der Waals surface area contributed by atoms with Crippen LogP contribution in [0.25, 0.3) is 0 Å². The third-order valence-electron chi connectivity index (χ3n) is 4.12. The summed E-state index contributed by atoms with van der Waals surface area (Å²) in [4.78, 5) is 16.4. The lowest BCUT2D eigenvalue weighted by molar-refractivity contribution is 0.0899. The van der Waals surface area contributed by atoms with Crippen LogP contribution in [0.2, 0.25) is 0 Å². The summed E-state index contributed by atoms with van der Waals surface area (Å²) in [5.41, 5.74) is 1.08. The van der Waals surface area contributed by atoms with Gasteiger partial charge in [-0.1, -0.05) is 25.7 Å². The molecule has 1 amide bonds. The minimum Gasteiger partial charge on any atom is -0.384 e. The molecule has 112 valence electrons. The Morgan fingerprint density at radius 2 is 2.29 bits per heavy atom. The van der Waals surface area contributed by atoms with Gasteiger partial charge in [0.25, 0.3) is 5.91 Å². The second kappa shape index (κ2) is 7.24. The topological polar surface area (TPSA) is 62.2 Å². The molecule has 0 bridgehead atoms. The average Bonchev–Trinajstić information content (AvgIpc) is 2.48. The van der Waals surface area contributed by atoms with Gasteiger partial charge in [-0.15, -0.1) is 0 Å². The minimum atomic E-state index is -0.229. The number of carbonyl (C=O) groups excluding carboxylic acids is 1. The summed E-state index contributed by atoms with van der Waals surface area (Å²) in [5, 5.41) is 11.9. The smallest absolute Gasteiger partial charge is 0.252 e. The summed E-state index contributed by atoms with van der Waals surface area (Å²) in [6.45, 7) is 4.23. The molecule has 1 aromatic rings. The van der Waals surface area contributed by atoms with Gasteiger partial charge in [-0.2, -0.15) is 0 Å². The van der Waals surface area contributed by atoms with Gasteiger partial charge in [-0.05, 0) is 37.2 Å². The highest BCUT2D eigenvalue weighted by molar-refractivity contribution is 5.96. The fourth-order valence-corrected chi connectivity index (χ4v) is 2.95. The Balaban J connectivity index is 2.10. The molecule has 1 aromatic heterocycles. The molecule has 4 nitrogen and oxygen atoms in total. The van der Waals surface area contributed by atoms with Crippen LogP contribution in [0.1, 0.15) is 49.0 Å². The van der Waals surface area contributed by atoms with Crippen LogP contribution in [0.5, 0.6) is 0 Å². The Hall–Kier alpha value is -1.86. The monoisotopic (exact) mass is 286 g/mol. The largest absolute Gasteiger partial charge is 0.384 e. The van der Waals surface area contributed by atoms with E-state index in [1.165, 1.54) is 0 Å². The highest BCUT2D eigenvalue weighted by atomic mass is 16.2. The molecule has 0 radical (unpaired) electrons.